The van der Waals surface area contributed by atoms with Gasteiger partial charge in [0.05, 0.1) is 0 Å². The zero-order chi connectivity index (χ0) is 19.6. The molecule has 0 unspecified atom stereocenters. The molecular formula is C22H17N5O2. The van der Waals surface area contributed by atoms with Gasteiger partial charge in [-0.2, -0.15) is 5.21 Å². The van der Waals surface area contributed by atoms with Crippen molar-refractivity contribution in [2.45, 2.75) is 5.92 Å². The molecule has 4 aromatic rings. The van der Waals surface area contributed by atoms with Crippen LogP contribution < -0.4 is 5.32 Å². The van der Waals surface area contributed by atoms with E-state index >= 15 is 0 Å². The van der Waals surface area contributed by atoms with Crippen LogP contribution >= 0.6 is 0 Å². The Hall–Kier alpha value is -4.00. The van der Waals surface area contributed by atoms with Gasteiger partial charge in [-0.1, -0.05) is 60.7 Å². The van der Waals surface area contributed by atoms with Crippen molar-refractivity contribution >= 4 is 11.8 Å². The summed E-state index contributed by atoms with van der Waals surface area (Å²) in [6, 6.07) is 23.7. The molecule has 1 aromatic heterocycles. The maximum atomic E-state index is 12.4. The first kappa shape index (κ1) is 17.1. The summed E-state index contributed by atoms with van der Waals surface area (Å²) >= 11 is 0. The largest absolute Gasteiger partial charge is 0.448 e. The van der Waals surface area contributed by atoms with Gasteiger partial charge in [0, 0.05) is 17.2 Å². The first-order valence-corrected chi connectivity index (χ1v) is 9.25. The number of ether oxygens (including phenoxy) is 1. The average molecular weight is 383 g/mol. The molecule has 0 saturated heterocycles. The molecule has 0 spiro atoms. The third-order valence-electron chi connectivity index (χ3n) is 5.06. The zero-order valence-corrected chi connectivity index (χ0v) is 15.4. The highest BCUT2D eigenvalue weighted by atomic mass is 16.5. The lowest BCUT2D eigenvalue weighted by Gasteiger charge is -2.14. The van der Waals surface area contributed by atoms with Crippen LogP contribution in [-0.2, 0) is 4.74 Å². The number of aromatic amines is 1. The van der Waals surface area contributed by atoms with Crippen LogP contribution in [0, 0.1) is 0 Å². The van der Waals surface area contributed by atoms with Crippen molar-refractivity contribution in [1.29, 1.82) is 0 Å². The molecule has 7 heteroatoms. The molecule has 0 aliphatic heterocycles. The number of hydrogen-bond donors (Lipinski definition) is 2. The van der Waals surface area contributed by atoms with Crippen LogP contribution in [0.5, 0.6) is 0 Å². The molecular weight excluding hydrogens is 366 g/mol. The number of carbonyl (C=O) groups excluding carboxylic acids is 1. The maximum absolute atomic E-state index is 12.4. The maximum Gasteiger partial charge on any atom is 0.411 e. The van der Waals surface area contributed by atoms with Crippen molar-refractivity contribution in [3.05, 3.63) is 83.9 Å². The molecule has 0 saturated carbocycles. The van der Waals surface area contributed by atoms with Crippen LogP contribution in [0.2, 0.25) is 0 Å². The van der Waals surface area contributed by atoms with Crippen molar-refractivity contribution in [3.8, 4) is 22.5 Å². The summed E-state index contributed by atoms with van der Waals surface area (Å²) < 4.78 is 5.57. The Labute approximate surface area is 166 Å². The van der Waals surface area contributed by atoms with E-state index < -0.39 is 6.09 Å². The molecule has 0 fully saturated rings. The first-order valence-electron chi connectivity index (χ1n) is 9.25. The van der Waals surface area contributed by atoms with Gasteiger partial charge in [0.15, 0.2) is 0 Å². The predicted molar refractivity (Wildman–Crippen MR) is 108 cm³/mol. The van der Waals surface area contributed by atoms with Crippen molar-refractivity contribution in [1.82, 2.24) is 20.6 Å². The molecule has 0 atom stereocenters. The monoisotopic (exact) mass is 383 g/mol. The van der Waals surface area contributed by atoms with Crippen LogP contribution in [0.3, 0.4) is 0 Å². The minimum atomic E-state index is -0.503. The van der Waals surface area contributed by atoms with E-state index in [0.717, 1.165) is 5.56 Å². The summed E-state index contributed by atoms with van der Waals surface area (Å²) in [5.74, 6) is 0.486. The Morgan fingerprint density at radius 2 is 1.69 bits per heavy atom. The Kier molecular flexibility index (Phi) is 4.25. The highest BCUT2D eigenvalue weighted by molar-refractivity contribution is 5.86. The van der Waals surface area contributed by atoms with E-state index in [1.54, 1.807) is 12.1 Å². The van der Waals surface area contributed by atoms with Gasteiger partial charge in [-0.05, 0) is 39.6 Å². The SMILES string of the molecule is O=C(Nc1cccc(-c2nn[nH]n2)c1)OCC1c2ccccc2-c2ccccc21. The Morgan fingerprint density at radius 3 is 2.38 bits per heavy atom. The molecule has 1 aliphatic rings. The number of nitrogens with zero attached hydrogens (tertiary/aromatic N) is 3. The van der Waals surface area contributed by atoms with Crippen LogP contribution in [-0.4, -0.2) is 33.3 Å². The second-order valence-electron chi connectivity index (χ2n) is 6.77. The summed E-state index contributed by atoms with van der Waals surface area (Å²) in [5.41, 5.74) is 6.11. The molecule has 7 nitrogen and oxygen atoms in total. The Balaban J connectivity index is 1.30. The second-order valence-corrected chi connectivity index (χ2v) is 6.77. The highest BCUT2D eigenvalue weighted by Gasteiger charge is 2.29. The van der Waals surface area contributed by atoms with Crippen molar-refractivity contribution in [2.75, 3.05) is 11.9 Å². The second kappa shape index (κ2) is 7.20. The number of benzene rings is 3. The number of tetrazole rings is 1. The zero-order valence-electron chi connectivity index (χ0n) is 15.4. The molecule has 3 aromatic carbocycles. The van der Waals surface area contributed by atoms with Gasteiger partial charge < -0.3 is 4.74 Å². The number of carbonyl (C=O) groups is 1. The van der Waals surface area contributed by atoms with Crippen LogP contribution in [0.25, 0.3) is 22.5 Å². The summed E-state index contributed by atoms with van der Waals surface area (Å²) in [6.45, 7) is 0.268. The molecule has 142 valence electrons. The van der Waals surface area contributed by atoms with Gasteiger partial charge in [-0.15, -0.1) is 10.2 Å². The van der Waals surface area contributed by atoms with E-state index in [1.165, 1.54) is 22.3 Å². The number of anilines is 1. The van der Waals surface area contributed by atoms with E-state index in [-0.39, 0.29) is 12.5 Å². The summed E-state index contributed by atoms with van der Waals surface area (Å²) in [7, 11) is 0. The van der Waals surface area contributed by atoms with E-state index in [4.69, 9.17) is 4.74 Å². The smallest absolute Gasteiger partial charge is 0.411 e. The van der Waals surface area contributed by atoms with E-state index in [1.807, 2.05) is 36.4 Å². The number of amides is 1. The van der Waals surface area contributed by atoms with Gasteiger partial charge in [0.25, 0.3) is 0 Å². The highest BCUT2D eigenvalue weighted by Crippen LogP contribution is 2.44. The lowest BCUT2D eigenvalue weighted by atomic mass is 9.98. The summed E-state index contributed by atoms with van der Waals surface area (Å²) in [4.78, 5) is 12.4. The van der Waals surface area contributed by atoms with Gasteiger partial charge in [-0.3, -0.25) is 5.32 Å². The average Bonchev–Trinajstić information content (AvgIpc) is 3.40. The van der Waals surface area contributed by atoms with Crippen molar-refractivity contribution in [2.24, 2.45) is 0 Å². The molecule has 2 N–H and O–H groups in total. The Morgan fingerprint density at radius 1 is 0.966 bits per heavy atom. The van der Waals surface area contributed by atoms with E-state index in [0.29, 0.717) is 11.5 Å². The molecule has 1 amide bonds. The number of nitrogens with one attached hydrogen (secondary N) is 2. The fourth-order valence-electron chi connectivity index (χ4n) is 3.77. The number of H-pyrrole nitrogens is 1. The van der Waals surface area contributed by atoms with Crippen molar-refractivity contribution in [3.63, 3.8) is 0 Å². The lowest BCUT2D eigenvalue weighted by molar-refractivity contribution is 0.158. The fraction of sp³-hybridized carbons (Fsp3) is 0.0909. The van der Waals surface area contributed by atoms with Crippen LogP contribution in [0.4, 0.5) is 10.5 Å². The molecule has 1 aliphatic carbocycles. The minimum Gasteiger partial charge on any atom is -0.448 e. The van der Waals surface area contributed by atoms with E-state index in [9.17, 15) is 4.79 Å². The normalized spacial score (nSPS) is 12.3. The van der Waals surface area contributed by atoms with Gasteiger partial charge >= 0.3 is 6.09 Å². The van der Waals surface area contributed by atoms with Crippen molar-refractivity contribution < 1.29 is 9.53 Å². The molecule has 0 bridgehead atoms. The first-order chi connectivity index (χ1) is 14.3. The standard InChI is InChI=1S/C22H17N5O2/c28-22(23-15-7-5-6-14(12-15)21-24-26-27-25-21)29-13-20-18-10-3-1-8-16(18)17-9-2-4-11-19(17)20/h1-12,20H,13H2,(H,23,28)(H,24,25,26,27). The number of aromatic nitrogens is 4. The topological polar surface area (TPSA) is 92.8 Å². The number of rotatable bonds is 4. The Bertz CT molecular complexity index is 1130. The number of fused-ring (bicyclic) bond motifs is 3. The fourth-order valence-corrected chi connectivity index (χ4v) is 3.77. The summed E-state index contributed by atoms with van der Waals surface area (Å²) in [6.07, 6.45) is -0.503. The van der Waals surface area contributed by atoms with Crippen LogP contribution in [0.1, 0.15) is 17.0 Å². The van der Waals surface area contributed by atoms with Gasteiger partial charge in [-0.25, -0.2) is 4.79 Å². The van der Waals surface area contributed by atoms with Crippen LogP contribution in [0.15, 0.2) is 72.8 Å². The van der Waals surface area contributed by atoms with E-state index in [2.05, 4.69) is 50.2 Å². The predicted octanol–water partition coefficient (Wildman–Crippen LogP) is 4.23. The minimum absolute atomic E-state index is 0.0267. The van der Waals surface area contributed by atoms with Gasteiger partial charge in [0.2, 0.25) is 5.82 Å². The summed E-state index contributed by atoms with van der Waals surface area (Å²) in [5, 5.41) is 16.6. The molecule has 1 heterocycles. The lowest BCUT2D eigenvalue weighted by Crippen LogP contribution is -2.17. The molecule has 0 radical (unpaired) electrons. The number of hydrogen-bond acceptors (Lipinski definition) is 5. The molecule has 5 rings (SSSR count). The van der Waals surface area contributed by atoms with Gasteiger partial charge in [0.1, 0.15) is 6.61 Å². The third kappa shape index (κ3) is 3.23. The quantitative estimate of drug-likeness (QED) is 0.550. The third-order valence-corrected chi connectivity index (χ3v) is 5.06. The molecule has 29 heavy (non-hydrogen) atoms.